The van der Waals surface area contributed by atoms with Gasteiger partial charge in [-0.1, -0.05) is 32.0 Å². The monoisotopic (exact) mass is 328 g/mol. The third-order valence-electron chi connectivity index (χ3n) is 4.37. The van der Waals surface area contributed by atoms with E-state index >= 15 is 0 Å². The Morgan fingerprint density at radius 2 is 2.04 bits per heavy atom. The smallest absolute Gasteiger partial charge is 0.275 e. The van der Waals surface area contributed by atoms with Gasteiger partial charge in [-0.25, -0.2) is 4.68 Å². The van der Waals surface area contributed by atoms with E-state index < -0.39 is 0 Å². The molecule has 1 atom stereocenters. The van der Waals surface area contributed by atoms with Crippen molar-refractivity contribution in [1.82, 2.24) is 20.0 Å². The first-order valence-electron chi connectivity index (χ1n) is 8.50. The van der Waals surface area contributed by atoms with Crippen LogP contribution in [0.3, 0.4) is 0 Å². The molecule has 0 bridgehead atoms. The summed E-state index contributed by atoms with van der Waals surface area (Å²) in [6.45, 7) is 8.79. The zero-order valence-electron chi connectivity index (χ0n) is 14.5. The molecular weight excluding hydrogens is 304 g/mol. The highest BCUT2D eigenvalue weighted by Crippen LogP contribution is 2.17. The normalized spacial score (nSPS) is 18.3. The fraction of sp³-hybridized carbons (Fsp3) is 0.500. The summed E-state index contributed by atoms with van der Waals surface area (Å²) in [5.41, 5.74) is 0.240. The molecule has 0 aliphatic carbocycles. The van der Waals surface area contributed by atoms with Crippen LogP contribution in [0.1, 0.15) is 31.3 Å². The van der Waals surface area contributed by atoms with Crippen molar-refractivity contribution >= 4 is 16.7 Å². The number of fused-ring (bicyclic) bond motifs is 1. The van der Waals surface area contributed by atoms with Crippen molar-refractivity contribution in [3.05, 3.63) is 40.3 Å². The minimum atomic E-state index is -0.135. The number of carbonyl (C=O) groups excluding carboxylic acids is 1. The molecule has 1 amide bonds. The molecule has 6 nitrogen and oxygen atoms in total. The lowest BCUT2D eigenvalue weighted by Gasteiger charge is -2.34. The number of piperazine rings is 1. The van der Waals surface area contributed by atoms with E-state index in [0.717, 1.165) is 13.1 Å². The van der Waals surface area contributed by atoms with Crippen LogP contribution in [0.5, 0.6) is 0 Å². The van der Waals surface area contributed by atoms with E-state index in [2.05, 4.69) is 10.4 Å². The van der Waals surface area contributed by atoms with Gasteiger partial charge in [0.15, 0.2) is 5.69 Å². The van der Waals surface area contributed by atoms with Gasteiger partial charge in [-0.15, -0.1) is 0 Å². The van der Waals surface area contributed by atoms with Gasteiger partial charge in [-0.05, 0) is 18.9 Å². The summed E-state index contributed by atoms with van der Waals surface area (Å²) >= 11 is 0. The van der Waals surface area contributed by atoms with E-state index in [-0.39, 0.29) is 23.4 Å². The Balaban J connectivity index is 2.13. The van der Waals surface area contributed by atoms with Crippen LogP contribution < -0.4 is 10.9 Å². The lowest BCUT2D eigenvalue weighted by molar-refractivity contribution is 0.0649. The van der Waals surface area contributed by atoms with Gasteiger partial charge in [-0.3, -0.25) is 9.59 Å². The van der Waals surface area contributed by atoms with E-state index in [1.54, 1.807) is 6.07 Å². The zero-order valence-corrected chi connectivity index (χ0v) is 14.5. The molecule has 2 heterocycles. The Morgan fingerprint density at radius 3 is 2.71 bits per heavy atom. The molecule has 0 radical (unpaired) electrons. The van der Waals surface area contributed by atoms with Gasteiger partial charge < -0.3 is 10.2 Å². The number of hydrogen-bond acceptors (Lipinski definition) is 4. The molecule has 1 aromatic heterocycles. The van der Waals surface area contributed by atoms with Crippen molar-refractivity contribution in [1.29, 1.82) is 0 Å². The SMILES string of the molecule is CC(C)Cn1nc(C(=O)N2CCNC[C@@H]2C)c2ccccc2c1=O. The van der Waals surface area contributed by atoms with Crippen LogP contribution in [0.25, 0.3) is 10.8 Å². The maximum atomic E-state index is 13.1. The summed E-state index contributed by atoms with van der Waals surface area (Å²) in [5, 5.41) is 8.92. The molecule has 24 heavy (non-hydrogen) atoms. The summed E-state index contributed by atoms with van der Waals surface area (Å²) in [7, 11) is 0. The number of nitrogens with one attached hydrogen (secondary N) is 1. The Morgan fingerprint density at radius 1 is 1.33 bits per heavy atom. The highest BCUT2D eigenvalue weighted by Gasteiger charge is 2.27. The molecule has 0 saturated carbocycles. The molecular formula is C18H24N4O2. The van der Waals surface area contributed by atoms with Gasteiger partial charge in [0.25, 0.3) is 11.5 Å². The third kappa shape index (κ3) is 3.06. The fourth-order valence-corrected chi connectivity index (χ4v) is 3.14. The van der Waals surface area contributed by atoms with Gasteiger partial charge >= 0.3 is 0 Å². The number of benzene rings is 1. The summed E-state index contributed by atoms with van der Waals surface area (Å²) in [6.07, 6.45) is 0. The highest BCUT2D eigenvalue weighted by atomic mass is 16.2. The number of hydrogen-bond donors (Lipinski definition) is 1. The first-order chi connectivity index (χ1) is 11.5. The van der Waals surface area contributed by atoms with Gasteiger partial charge in [0.05, 0.1) is 5.39 Å². The minimum Gasteiger partial charge on any atom is -0.332 e. The quantitative estimate of drug-likeness (QED) is 0.927. The Labute approximate surface area is 141 Å². The van der Waals surface area contributed by atoms with E-state index in [4.69, 9.17) is 0 Å². The minimum absolute atomic E-state index is 0.0993. The summed E-state index contributed by atoms with van der Waals surface area (Å²) < 4.78 is 1.44. The number of amides is 1. The Kier molecular flexibility index (Phi) is 4.66. The molecule has 128 valence electrons. The second kappa shape index (κ2) is 6.73. The van der Waals surface area contributed by atoms with Crippen LogP contribution in [-0.4, -0.2) is 46.3 Å². The van der Waals surface area contributed by atoms with Crippen molar-refractivity contribution in [2.45, 2.75) is 33.4 Å². The maximum absolute atomic E-state index is 13.1. The van der Waals surface area contributed by atoms with Crippen LogP contribution >= 0.6 is 0 Å². The van der Waals surface area contributed by atoms with Gasteiger partial charge in [0, 0.05) is 37.6 Å². The lowest BCUT2D eigenvalue weighted by Crippen LogP contribution is -2.52. The number of nitrogens with zero attached hydrogens (tertiary/aromatic N) is 3. The molecule has 2 aromatic rings. The summed E-state index contributed by atoms with van der Waals surface area (Å²) in [4.78, 5) is 27.6. The molecule has 1 aliphatic rings. The number of aromatic nitrogens is 2. The van der Waals surface area contributed by atoms with Crippen LogP contribution in [0.2, 0.25) is 0 Å². The molecule has 0 spiro atoms. The van der Waals surface area contributed by atoms with Gasteiger partial charge in [-0.2, -0.15) is 5.10 Å². The first kappa shape index (κ1) is 16.6. The fourth-order valence-electron chi connectivity index (χ4n) is 3.14. The molecule has 1 N–H and O–H groups in total. The highest BCUT2D eigenvalue weighted by molar-refractivity contribution is 6.04. The lowest BCUT2D eigenvalue weighted by atomic mass is 10.1. The Hall–Kier alpha value is -2.21. The maximum Gasteiger partial charge on any atom is 0.275 e. The average Bonchev–Trinajstić information content (AvgIpc) is 2.57. The van der Waals surface area contributed by atoms with Crippen LogP contribution in [0.15, 0.2) is 29.1 Å². The zero-order chi connectivity index (χ0) is 17.3. The van der Waals surface area contributed by atoms with Gasteiger partial charge in [0.1, 0.15) is 0 Å². The summed E-state index contributed by atoms with van der Waals surface area (Å²) in [5.74, 6) is 0.176. The average molecular weight is 328 g/mol. The van der Waals surface area contributed by atoms with Crippen molar-refractivity contribution in [2.75, 3.05) is 19.6 Å². The second-order valence-corrected chi connectivity index (χ2v) is 6.83. The predicted octanol–water partition coefficient (Wildman–Crippen LogP) is 1.49. The van der Waals surface area contributed by atoms with Gasteiger partial charge in [0.2, 0.25) is 0 Å². The third-order valence-corrected chi connectivity index (χ3v) is 4.37. The second-order valence-electron chi connectivity index (χ2n) is 6.83. The Bertz CT molecular complexity index is 812. The van der Waals surface area contributed by atoms with E-state index in [1.807, 2.05) is 43.9 Å². The standard InChI is InChI=1S/C18H24N4O2/c1-12(2)11-22-17(23)15-7-5-4-6-14(15)16(20-22)18(24)21-9-8-19-10-13(21)3/h4-7,12-13,19H,8-11H2,1-3H3/t13-/m0/s1. The van der Waals surface area contributed by atoms with E-state index in [9.17, 15) is 9.59 Å². The van der Waals surface area contributed by atoms with Crippen molar-refractivity contribution < 1.29 is 4.79 Å². The predicted molar refractivity (Wildman–Crippen MR) is 94.2 cm³/mol. The largest absolute Gasteiger partial charge is 0.332 e. The topological polar surface area (TPSA) is 67.2 Å². The van der Waals surface area contributed by atoms with E-state index in [0.29, 0.717) is 29.6 Å². The van der Waals surface area contributed by atoms with Crippen LogP contribution in [0.4, 0.5) is 0 Å². The van der Waals surface area contributed by atoms with Crippen molar-refractivity contribution in [3.8, 4) is 0 Å². The first-order valence-corrected chi connectivity index (χ1v) is 8.50. The van der Waals surface area contributed by atoms with Crippen molar-refractivity contribution in [2.24, 2.45) is 5.92 Å². The van der Waals surface area contributed by atoms with Crippen LogP contribution in [-0.2, 0) is 6.54 Å². The molecule has 1 saturated heterocycles. The summed E-state index contributed by atoms with van der Waals surface area (Å²) in [6, 6.07) is 7.36. The molecule has 1 aromatic carbocycles. The van der Waals surface area contributed by atoms with Crippen LogP contribution in [0, 0.1) is 5.92 Å². The van der Waals surface area contributed by atoms with Crippen molar-refractivity contribution in [3.63, 3.8) is 0 Å². The molecule has 3 rings (SSSR count). The molecule has 1 fully saturated rings. The number of carbonyl (C=O) groups is 1. The molecule has 6 heteroatoms. The number of rotatable bonds is 3. The molecule has 0 unspecified atom stereocenters. The van der Waals surface area contributed by atoms with E-state index in [1.165, 1.54) is 4.68 Å². The molecule has 1 aliphatic heterocycles.